The van der Waals surface area contributed by atoms with Crippen LogP contribution >= 0.6 is 0 Å². The molecule has 1 aromatic heterocycles. The number of hydrogen-bond acceptors (Lipinski definition) is 5. The number of nitrogens with zero attached hydrogens (tertiary/aromatic N) is 1. The van der Waals surface area contributed by atoms with Crippen molar-refractivity contribution in [3.8, 4) is 5.75 Å². The van der Waals surface area contributed by atoms with Gasteiger partial charge in [0.15, 0.2) is 0 Å². The fraction of sp³-hybridized carbons (Fsp3) is 0.143. The van der Waals surface area contributed by atoms with Crippen molar-refractivity contribution in [2.75, 3.05) is 11.9 Å². The fourth-order valence-electron chi connectivity index (χ4n) is 1.65. The van der Waals surface area contributed by atoms with Crippen molar-refractivity contribution in [3.05, 3.63) is 48.2 Å². The van der Waals surface area contributed by atoms with E-state index in [1.54, 1.807) is 18.2 Å². The van der Waals surface area contributed by atoms with Gasteiger partial charge in [-0.25, -0.2) is 4.98 Å². The van der Waals surface area contributed by atoms with E-state index in [-0.39, 0.29) is 11.4 Å². The van der Waals surface area contributed by atoms with Crippen LogP contribution in [0, 0.1) is 0 Å². The van der Waals surface area contributed by atoms with Crippen molar-refractivity contribution >= 4 is 17.5 Å². The highest BCUT2D eigenvalue weighted by atomic mass is 16.5. The van der Waals surface area contributed by atoms with Crippen LogP contribution in [0.15, 0.2) is 42.6 Å². The number of benzene rings is 1. The fourth-order valence-corrected chi connectivity index (χ4v) is 1.65. The van der Waals surface area contributed by atoms with Crippen LogP contribution in [0.4, 0.5) is 11.5 Å². The Kier molecular flexibility index (Phi) is 3.97. The highest BCUT2D eigenvalue weighted by Gasteiger charge is 2.07. The zero-order valence-corrected chi connectivity index (χ0v) is 10.4. The number of ether oxygens (including phenoxy) is 1. The van der Waals surface area contributed by atoms with Crippen LogP contribution in [0.2, 0.25) is 0 Å². The van der Waals surface area contributed by atoms with E-state index in [2.05, 4.69) is 10.3 Å². The van der Waals surface area contributed by atoms with Crippen LogP contribution < -0.4 is 15.2 Å². The molecule has 0 spiro atoms. The lowest BCUT2D eigenvalue weighted by Gasteiger charge is -2.14. The van der Waals surface area contributed by atoms with Gasteiger partial charge in [0.05, 0.1) is 18.3 Å². The van der Waals surface area contributed by atoms with E-state index in [4.69, 9.17) is 4.74 Å². The Morgan fingerprint density at radius 2 is 2.11 bits per heavy atom. The molecule has 0 radical (unpaired) electrons. The molecule has 1 heterocycles. The number of carbonyl (C=O) groups excluding carboxylic acids is 1. The van der Waals surface area contributed by atoms with Crippen LogP contribution in [0.25, 0.3) is 0 Å². The summed E-state index contributed by atoms with van der Waals surface area (Å²) in [6.45, 7) is 2.40. The second-order valence-electron chi connectivity index (χ2n) is 3.74. The molecule has 5 heteroatoms. The molecule has 0 aliphatic carbocycles. The standard InChI is InChI=1S/C14H14N2O3/c1-2-19-12-8-4-3-7-11(12)16-13-10(14(17)18)6-5-9-15-13/h3-9H,2H2,1H3,(H,15,16)(H,17,18)/p-1. The lowest BCUT2D eigenvalue weighted by Crippen LogP contribution is -2.23. The average molecular weight is 257 g/mol. The molecule has 0 atom stereocenters. The first-order valence-electron chi connectivity index (χ1n) is 5.87. The molecule has 0 fully saturated rings. The highest BCUT2D eigenvalue weighted by molar-refractivity contribution is 5.92. The number of carbonyl (C=O) groups is 1. The van der Waals surface area contributed by atoms with E-state index in [0.717, 1.165) is 0 Å². The van der Waals surface area contributed by atoms with Crippen molar-refractivity contribution in [2.45, 2.75) is 6.92 Å². The molecule has 0 aliphatic rings. The second kappa shape index (κ2) is 5.86. The number of carboxylic acid groups (broad SMARTS) is 1. The van der Waals surface area contributed by atoms with Gasteiger partial charge in [-0.1, -0.05) is 12.1 Å². The molecule has 0 bridgehead atoms. The Bertz CT molecular complexity index is 584. The van der Waals surface area contributed by atoms with Gasteiger partial charge < -0.3 is 20.0 Å². The summed E-state index contributed by atoms with van der Waals surface area (Å²) in [5, 5.41) is 14.0. The highest BCUT2D eigenvalue weighted by Crippen LogP contribution is 2.27. The smallest absolute Gasteiger partial charge is 0.142 e. The number of aromatic nitrogens is 1. The topological polar surface area (TPSA) is 74.3 Å². The molecule has 2 aromatic rings. The van der Waals surface area contributed by atoms with E-state index in [0.29, 0.717) is 18.0 Å². The minimum absolute atomic E-state index is 0.00815. The average Bonchev–Trinajstić information content (AvgIpc) is 2.42. The molecule has 98 valence electrons. The number of rotatable bonds is 5. The van der Waals surface area contributed by atoms with E-state index in [1.807, 2.05) is 19.1 Å². The Morgan fingerprint density at radius 1 is 1.32 bits per heavy atom. The first kappa shape index (κ1) is 12.9. The molecule has 1 N–H and O–H groups in total. The maximum atomic E-state index is 11.0. The molecule has 0 aliphatic heterocycles. The summed E-state index contributed by atoms with van der Waals surface area (Å²) in [5.41, 5.74) is 0.666. The van der Waals surface area contributed by atoms with Gasteiger partial charge in [-0.2, -0.15) is 0 Å². The summed E-state index contributed by atoms with van der Waals surface area (Å²) in [5.74, 6) is -0.404. The lowest BCUT2D eigenvalue weighted by molar-refractivity contribution is -0.254. The quantitative estimate of drug-likeness (QED) is 0.880. The van der Waals surface area contributed by atoms with Crippen LogP contribution in [0.3, 0.4) is 0 Å². The number of carboxylic acids is 1. The van der Waals surface area contributed by atoms with E-state index >= 15 is 0 Å². The molecule has 5 nitrogen and oxygen atoms in total. The summed E-state index contributed by atoms with van der Waals surface area (Å²) in [6.07, 6.45) is 1.51. The van der Waals surface area contributed by atoms with Gasteiger partial charge in [-0.05, 0) is 31.2 Å². The molecule has 19 heavy (non-hydrogen) atoms. The van der Waals surface area contributed by atoms with Crippen molar-refractivity contribution in [2.24, 2.45) is 0 Å². The third-order valence-electron chi connectivity index (χ3n) is 2.47. The first-order valence-corrected chi connectivity index (χ1v) is 5.87. The summed E-state index contributed by atoms with van der Waals surface area (Å²) >= 11 is 0. The van der Waals surface area contributed by atoms with E-state index in [9.17, 15) is 9.90 Å². The molecule has 0 unspecified atom stereocenters. The Hall–Kier alpha value is -2.56. The predicted octanol–water partition coefficient (Wildman–Crippen LogP) is 1.59. The van der Waals surface area contributed by atoms with Gasteiger partial charge in [0.1, 0.15) is 11.6 Å². The Balaban J connectivity index is 2.34. The maximum Gasteiger partial charge on any atom is 0.142 e. The molecule has 0 saturated carbocycles. The lowest BCUT2D eigenvalue weighted by atomic mass is 10.2. The molecule has 0 amide bonds. The number of aromatic carboxylic acids is 1. The molecule has 1 aromatic carbocycles. The monoisotopic (exact) mass is 257 g/mol. The third kappa shape index (κ3) is 3.01. The molecule has 0 saturated heterocycles. The van der Waals surface area contributed by atoms with Gasteiger partial charge in [0.2, 0.25) is 0 Å². The summed E-state index contributed by atoms with van der Waals surface area (Å²) < 4.78 is 5.46. The predicted molar refractivity (Wildman–Crippen MR) is 69.5 cm³/mol. The SMILES string of the molecule is CCOc1ccccc1Nc1ncccc1C(=O)[O-]. The Morgan fingerprint density at radius 3 is 2.84 bits per heavy atom. The van der Waals surface area contributed by atoms with Gasteiger partial charge in [-0.3, -0.25) is 0 Å². The van der Waals surface area contributed by atoms with Crippen molar-refractivity contribution in [3.63, 3.8) is 0 Å². The molecule has 2 rings (SSSR count). The van der Waals surface area contributed by atoms with Gasteiger partial charge in [-0.15, -0.1) is 0 Å². The van der Waals surface area contributed by atoms with Gasteiger partial charge in [0.25, 0.3) is 0 Å². The molecular weight excluding hydrogens is 244 g/mol. The van der Waals surface area contributed by atoms with E-state index in [1.165, 1.54) is 12.3 Å². The summed E-state index contributed by atoms with van der Waals surface area (Å²) in [4.78, 5) is 15.0. The molecular formula is C14H13N2O3-. The summed E-state index contributed by atoms with van der Waals surface area (Å²) in [7, 11) is 0. The van der Waals surface area contributed by atoms with Crippen LogP contribution in [-0.2, 0) is 0 Å². The zero-order valence-electron chi connectivity index (χ0n) is 10.4. The Labute approximate surface area is 110 Å². The minimum atomic E-state index is -1.27. The number of anilines is 2. The van der Waals surface area contributed by atoms with Crippen LogP contribution in [0.1, 0.15) is 17.3 Å². The number of hydrogen-bond donors (Lipinski definition) is 1. The second-order valence-corrected chi connectivity index (χ2v) is 3.74. The van der Waals surface area contributed by atoms with Gasteiger partial charge in [0, 0.05) is 11.8 Å². The minimum Gasteiger partial charge on any atom is -0.545 e. The van der Waals surface area contributed by atoms with Crippen molar-refractivity contribution < 1.29 is 14.6 Å². The number of nitrogens with one attached hydrogen (secondary N) is 1. The number of pyridine rings is 1. The number of para-hydroxylation sites is 2. The van der Waals surface area contributed by atoms with Crippen LogP contribution in [0.5, 0.6) is 5.75 Å². The zero-order chi connectivity index (χ0) is 13.7. The van der Waals surface area contributed by atoms with Crippen molar-refractivity contribution in [1.82, 2.24) is 4.98 Å². The van der Waals surface area contributed by atoms with E-state index < -0.39 is 5.97 Å². The first-order chi connectivity index (χ1) is 9.22. The normalized spacial score (nSPS) is 9.95. The van der Waals surface area contributed by atoms with Gasteiger partial charge >= 0.3 is 0 Å². The van der Waals surface area contributed by atoms with Crippen LogP contribution in [-0.4, -0.2) is 17.6 Å². The largest absolute Gasteiger partial charge is 0.545 e. The summed E-state index contributed by atoms with van der Waals surface area (Å²) in [6, 6.07) is 10.2. The third-order valence-corrected chi connectivity index (χ3v) is 2.47. The maximum absolute atomic E-state index is 11.0. The van der Waals surface area contributed by atoms with Crippen molar-refractivity contribution in [1.29, 1.82) is 0 Å².